The lowest BCUT2D eigenvalue weighted by molar-refractivity contribution is -0.113. The lowest BCUT2D eigenvalue weighted by atomic mass is 10.1. The monoisotopic (exact) mass is 425 g/mol. The summed E-state index contributed by atoms with van der Waals surface area (Å²) in [5, 5.41) is 21.4. The van der Waals surface area contributed by atoms with E-state index in [2.05, 4.69) is 27.6 Å². The zero-order chi connectivity index (χ0) is 21.6. The molecule has 7 heteroatoms. The van der Waals surface area contributed by atoms with Gasteiger partial charge >= 0.3 is 0 Å². The molecule has 4 aromatic rings. The molecule has 0 aliphatic carbocycles. The van der Waals surface area contributed by atoms with Crippen LogP contribution in [0.1, 0.15) is 11.1 Å². The minimum absolute atomic E-state index is 0.137. The molecular formula is C24H19N5OS. The molecule has 0 bridgehead atoms. The summed E-state index contributed by atoms with van der Waals surface area (Å²) < 4.78 is 1.95. The summed E-state index contributed by atoms with van der Waals surface area (Å²) in [5.74, 6) is 0.637. The number of amides is 1. The lowest BCUT2D eigenvalue weighted by Crippen LogP contribution is -2.15. The van der Waals surface area contributed by atoms with E-state index in [1.807, 2.05) is 60.0 Å². The number of hydrogen-bond donors (Lipinski definition) is 1. The Kier molecular flexibility index (Phi) is 6.11. The normalized spacial score (nSPS) is 10.5. The topological polar surface area (TPSA) is 83.6 Å². The number of aryl methyl sites for hydroxylation is 1. The van der Waals surface area contributed by atoms with Gasteiger partial charge in [-0.3, -0.25) is 9.36 Å². The third-order valence-corrected chi connectivity index (χ3v) is 5.51. The summed E-state index contributed by atoms with van der Waals surface area (Å²) in [7, 11) is 0. The number of thioether (sulfide) groups is 1. The fourth-order valence-corrected chi connectivity index (χ4v) is 3.90. The molecule has 0 saturated carbocycles. The van der Waals surface area contributed by atoms with Crippen molar-refractivity contribution in [3.05, 3.63) is 90.0 Å². The van der Waals surface area contributed by atoms with Crippen molar-refractivity contribution in [2.45, 2.75) is 12.1 Å². The van der Waals surface area contributed by atoms with Crippen LogP contribution in [0.4, 0.5) is 5.69 Å². The second kappa shape index (κ2) is 9.28. The zero-order valence-electron chi connectivity index (χ0n) is 16.8. The van der Waals surface area contributed by atoms with E-state index in [0.29, 0.717) is 22.2 Å². The molecule has 0 atom stereocenters. The van der Waals surface area contributed by atoms with Crippen molar-refractivity contribution in [3.8, 4) is 23.1 Å². The van der Waals surface area contributed by atoms with Gasteiger partial charge in [-0.05, 0) is 37.3 Å². The summed E-state index contributed by atoms with van der Waals surface area (Å²) in [5.41, 5.74) is 3.93. The number of carbonyl (C=O) groups is 1. The second-order valence-electron chi connectivity index (χ2n) is 6.84. The van der Waals surface area contributed by atoms with Crippen molar-refractivity contribution in [1.82, 2.24) is 14.8 Å². The van der Waals surface area contributed by atoms with Crippen molar-refractivity contribution in [2.75, 3.05) is 11.1 Å². The third-order valence-electron chi connectivity index (χ3n) is 4.58. The molecule has 1 N–H and O–H groups in total. The van der Waals surface area contributed by atoms with Crippen LogP contribution in [-0.4, -0.2) is 26.4 Å². The van der Waals surface area contributed by atoms with E-state index < -0.39 is 0 Å². The largest absolute Gasteiger partial charge is 0.324 e. The maximum atomic E-state index is 12.5. The first-order valence-electron chi connectivity index (χ1n) is 9.65. The molecule has 6 nitrogen and oxygen atoms in total. The number of nitrogens with one attached hydrogen (secondary N) is 1. The van der Waals surface area contributed by atoms with E-state index in [9.17, 15) is 10.1 Å². The highest BCUT2D eigenvalue weighted by atomic mass is 32.2. The van der Waals surface area contributed by atoms with Crippen molar-refractivity contribution >= 4 is 23.4 Å². The highest BCUT2D eigenvalue weighted by Crippen LogP contribution is 2.28. The first kappa shape index (κ1) is 20.4. The van der Waals surface area contributed by atoms with Gasteiger partial charge in [-0.25, -0.2) is 0 Å². The predicted molar refractivity (Wildman–Crippen MR) is 122 cm³/mol. The van der Waals surface area contributed by atoms with Gasteiger partial charge in [0.25, 0.3) is 0 Å². The molecule has 0 aliphatic heterocycles. The summed E-state index contributed by atoms with van der Waals surface area (Å²) in [6.45, 7) is 2.03. The Morgan fingerprint density at radius 1 is 1.03 bits per heavy atom. The highest BCUT2D eigenvalue weighted by molar-refractivity contribution is 7.99. The minimum atomic E-state index is -0.215. The van der Waals surface area contributed by atoms with Gasteiger partial charge in [0, 0.05) is 11.3 Å². The highest BCUT2D eigenvalue weighted by Gasteiger charge is 2.17. The summed E-state index contributed by atoms with van der Waals surface area (Å²) >= 11 is 1.30. The maximum absolute atomic E-state index is 12.5. The second-order valence-corrected chi connectivity index (χ2v) is 7.78. The number of carbonyl (C=O) groups excluding carboxylic acids is 1. The average Bonchev–Trinajstić information content (AvgIpc) is 3.23. The van der Waals surface area contributed by atoms with E-state index in [4.69, 9.17) is 0 Å². The summed E-state index contributed by atoms with van der Waals surface area (Å²) in [6.07, 6.45) is 0. The van der Waals surface area contributed by atoms with Gasteiger partial charge in [0.1, 0.15) is 6.07 Å². The van der Waals surface area contributed by atoms with Gasteiger partial charge in [-0.15, -0.1) is 10.2 Å². The van der Waals surface area contributed by atoms with Crippen LogP contribution in [0.5, 0.6) is 0 Å². The van der Waals surface area contributed by atoms with Gasteiger partial charge in [0.2, 0.25) is 5.91 Å². The van der Waals surface area contributed by atoms with E-state index in [1.54, 1.807) is 24.3 Å². The number of nitriles is 1. The first-order chi connectivity index (χ1) is 15.2. The quantitative estimate of drug-likeness (QED) is 0.447. The standard InChI is InChI=1S/C24H19N5OS/c1-17-8-7-10-18(14-17)23-27-28-24(29(23)20-11-3-2-4-12-20)31-16-22(30)26-21-13-6-5-9-19(21)15-25/h2-14H,16H2,1H3,(H,26,30). The van der Waals surface area contributed by atoms with Gasteiger partial charge in [-0.2, -0.15) is 5.26 Å². The number of hydrogen-bond acceptors (Lipinski definition) is 5. The molecule has 0 spiro atoms. The molecule has 0 radical (unpaired) electrons. The number of aromatic nitrogens is 3. The van der Waals surface area contributed by atoms with Gasteiger partial charge < -0.3 is 5.32 Å². The van der Waals surface area contributed by atoms with Crippen LogP contribution in [0.25, 0.3) is 17.1 Å². The van der Waals surface area contributed by atoms with Crippen molar-refractivity contribution in [3.63, 3.8) is 0 Å². The van der Waals surface area contributed by atoms with Crippen molar-refractivity contribution in [1.29, 1.82) is 5.26 Å². The minimum Gasteiger partial charge on any atom is -0.324 e. The Morgan fingerprint density at radius 2 is 1.81 bits per heavy atom. The predicted octanol–water partition coefficient (Wildman–Crippen LogP) is 4.85. The van der Waals surface area contributed by atoms with Crippen LogP contribution in [0.2, 0.25) is 0 Å². The molecule has 3 aromatic carbocycles. The van der Waals surface area contributed by atoms with Crippen LogP contribution in [0.3, 0.4) is 0 Å². The van der Waals surface area contributed by atoms with Crippen molar-refractivity contribution in [2.24, 2.45) is 0 Å². The Morgan fingerprint density at radius 3 is 2.58 bits per heavy atom. The smallest absolute Gasteiger partial charge is 0.234 e. The number of rotatable bonds is 6. The summed E-state index contributed by atoms with van der Waals surface area (Å²) in [4.78, 5) is 12.5. The number of anilines is 1. The Labute approximate surface area is 184 Å². The molecule has 1 heterocycles. The number of benzene rings is 3. The van der Waals surface area contributed by atoms with Crippen molar-refractivity contribution < 1.29 is 4.79 Å². The van der Waals surface area contributed by atoms with Gasteiger partial charge in [0.15, 0.2) is 11.0 Å². The van der Waals surface area contributed by atoms with E-state index >= 15 is 0 Å². The Balaban J connectivity index is 1.60. The van der Waals surface area contributed by atoms with Crippen LogP contribution >= 0.6 is 11.8 Å². The van der Waals surface area contributed by atoms with Crippen LogP contribution in [0, 0.1) is 18.3 Å². The number of nitrogens with zero attached hydrogens (tertiary/aromatic N) is 4. The van der Waals surface area contributed by atoms with Crippen LogP contribution < -0.4 is 5.32 Å². The van der Waals surface area contributed by atoms with Crippen LogP contribution in [-0.2, 0) is 4.79 Å². The van der Waals surface area contributed by atoms with E-state index in [1.165, 1.54) is 11.8 Å². The molecule has 31 heavy (non-hydrogen) atoms. The van der Waals surface area contributed by atoms with Crippen LogP contribution in [0.15, 0.2) is 84.0 Å². The first-order valence-corrected chi connectivity index (χ1v) is 10.6. The molecule has 152 valence electrons. The fourth-order valence-electron chi connectivity index (χ4n) is 3.15. The molecule has 0 fully saturated rings. The summed E-state index contributed by atoms with van der Waals surface area (Å²) in [6, 6.07) is 26.9. The molecule has 1 amide bonds. The number of para-hydroxylation sites is 2. The molecule has 0 aliphatic rings. The zero-order valence-corrected chi connectivity index (χ0v) is 17.6. The molecule has 0 unspecified atom stereocenters. The molecule has 4 rings (SSSR count). The molecular weight excluding hydrogens is 406 g/mol. The van der Waals surface area contributed by atoms with E-state index in [0.717, 1.165) is 16.8 Å². The van der Waals surface area contributed by atoms with Gasteiger partial charge in [-0.1, -0.05) is 65.9 Å². The molecule has 0 saturated heterocycles. The SMILES string of the molecule is Cc1cccc(-c2nnc(SCC(=O)Nc3ccccc3C#N)n2-c2ccccc2)c1. The van der Waals surface area contributed by atoms with E-state index in [-0.39, 0.29) is 11.7 Å². The molecule has 1 aromatic heterocycles. The Bertz CT molecular complexity index is 1260. The third kappa shape index (κ3) is 4.65. The fraction of sp³-hybridized carbons (Fsp3) is 0.0833. The average molecular weight is 426 g/mol. The Hall–Kier alpha value is -3.89. The maximum Gasteiger partial charge on any atom is 0.234 e. The van der Waals surface area contributed by atoms with Gasteiger partial charge in [0.05, 0.1) is 17.0 Å². The lowest BCUT2D eigenvalue weighted by Gasteiger charge is -2.11.